The van der Waals surface area contributed by atoms with Crippen molar-refractivity contribution in [1.29, 1.82) is 0 Å². The Balaban J connectivity index is 0.00000242. The first-order valence-corrected chi connectivity index (χ1v) is 7.84. The van der Waals surface area contributed by atoms with E-state index in [-0.39, 0.29) is 24.4 Å². The van der Waals surface area contributed by atoms with Gasteiger partial charge in [-0.05, 0) is 31.7 Å². The third-order valence-electron chi connectivity index (χ3n) is 3.95. The lowest BCUT2D eigenvalue weighted by Crippen LogP contribution is -2.39. The van der Waals surface area contributed by atoms with Crippen LogP contribution in [0.3, 0.4) is 0 Å². The lowest BCUT2D eigenvalue weighted by Gasteiger charge is -2.25. The molecule has 124 valence electrons. The summed E-state index contributed by atoms with van der Waals surface area (Å²) in [6.07, 6.45) is 3.65. The van der Waals surface area contributed by atoms with Crippen LogP contribution in [0.4, 0.5) is 0 Å². The van der Waals surface area contributed by atoms with Crippen LogP contribution in [0.1, 0.15) is 30.4 Å². The smallest absolute Gasteiger partial charge is 0.223 e. The van der Waals surface area contributed by atoms with E-state index in [0.29, 0.717) is 19.5 Å². The van der Waals surface area contributed by atoms with Crippen molar-refractivity contribution in [2.24, 2.45) is 5.73 Å². The molecular formula is C17H27ClN2O2. The molecule has 1 aliphatic heterocycles. The first-order chi connectivity index (χ1) is 10.2. The van der Waals surface area contributed by atoms with E-state index in [1.165, 1.54) is 11.1 Å². The van der Waals surface area contributed by atoms with Crippen molar-refractivity contribution in [1.82, 2.24) is 4.90 Å². The summed E-state index contributed by atoms with van der Waals surface area (Å²) in [5.74, 6) is 0.139. The van der Waals surface area contributed by atoms with Crippen molar-refractivity contribution in [2.75, 3.05) is 26.2 Å². The molecule has 1 fully saturated rings. The second-order valence-electron chi connectivity index (χ2n) is 5.75. The van der Waals surface area contributed by atoms with Crippen LogP contribution < -0.4 is 5.73 Å². The number of nitrogens with zero attached hydrogens (tertiary/aromatic N) is 1. The molecule has 2 rings (SSSR count). The maximum Gasteiger partial charge on any atom is 0.223 e. The summed E-state index contributed by atoms with van der Waals surface area (Å²) in [5.41, 5.74) is 8.04. The molecule has 0 spiro atoms. The van der Waals surface area contributed by atoms with Crippen LogP contribution in [-0.4, -0.2) is 43.2 Å². The Kier molecular flexibility index (Phi) is 8.46. The molecule has 1 atom stereocenters. The number of nitrogens with two attached hydrogens (primary N) is 1. The van der Waals surface area contributed by atoms with Crippen molar-refractivity contribution < 1.29 is 9.53 Å². The summed E-state index contributed by atoms with van der Waals surface area (Å²) in [6, 6.07) is 8.49. The van der Waals surface area contributed by atoms with Crippen LogP contribution in [0.25, 0.3) is 0 Å². The largest absolute Gasteiger partial charge is 0.376 e. The van der Waals surface area contributed by atoms with Gasteiger partial charge in [0.1, 0.15) is 0 Å². The molecule has 0 aliphatic carbocycles. The third-order valence-corrected chi connectivity index (χ3v) is 3.95. The zero-order chi connectivity index (χ0) is 15.1. The molecular weight excluding hydrogens is 300 g/mol. The van der Waals surface area contributed by atoms with E-state index >= 15 is 0 Å². The van der Waals surface area contributed by atoms with Gasteiger partial charge < -0.3 is 15.4 Å². The monoisotopic (exact) mass is 326 g/mol. The standard InChI is InChI=1S/C17H26N2O2.ClH/c1-14-4-6-15(7-5-14)9-11-19(17(20)8-10-18)13-16-3-2-12-21-16;/h4-7,16H,2-3,8-13,18H2,1H3;1H. The summed E-state index contributed by atoms with van der Waals surface area (Å²) in [6.45, 7) is 4.75. The molecule has 4 nitrogen and oxygen atoms in total. The van der Waals surface area contributed by atoms with E-state index in [1.807, 2.05) is 4.90 Å². The van der Waals surface area contributed by atoms with Crippen molar-refractivity contribution in [3.63, 3.8) is 0 Å². The molecule has 1 unspecified atom stereocenters. The number of carbonyl (C=O) groups excluding carboxylic acids is 1. The van der Waals surface area contributed by atoms with Gasteiger partial charge in [-0.15, -0.1) is 12.4 Å². The SMILES string of the molecule is Cc1ccc(CCN(CC2CCCO2)C(=O)CCN)cc1.Cl. The van der Waals surface area contributed by atoms with Crippen molar-refractivity contribution in [3.05, 3.63) is 35.4 Å². The molecule has 0 aromatic heterocycles. The van der Waals surface area contributed by atoms with Crippen LogP contribution in [0.5, 0.6) is 0 Å². The van der Waals surface area contributed by atoms with E-state index in [0.717, 1.165) is 32.4 Å². The first-order valence-electron chi connectivity index (χ1n) is 7.84. The molecule has 1 aromatic carbocycles. The summed E-state index contributed by atoms with van der Waals surface area (Å²) in [4.78, 5) is 14.1. The van der Waals surface area contributed by atoms with Crippen LogP contribution >= 0.6 is 12.4 Å². The van der Waals surface area contributed by atoms with Crippen molar-refractivity contribution in [2.45, 2.75) is 38.7 Å². The van der Waals surface area contributed by atoms with Crippen LogP contribution in [0.2, 0.25) is 0 Å². The highest BCUT2D eigenvalue weighted by Crippen LogP contribution is 2.14. The van der Waals surface area contributed by atoms with Gasteiger partial charge in [-0.3, -0.25) is 4.79 Å². The Morgan fingerprint density at radius 3 is 2.68 bits per heavy atom. The minimum atomic E-state index is 0. The van der Waals surface area contributed by atoms with E-state index in [9.17, 15) is 4.79 Å². The average molecular weight is 327 g/mol. The van der Waals surface area contributed by atoms with Gasteiger partial charge in [-0.1, -0.05) is 29.8 Å². The molecule has 0 saturated carbocycles. The third kappa shape index (κ3) is 5.95. The van der Waals surface area contributed by atoms with Crippen molar-refractivity contribution >= 4 is 18.3 Å². The number of aryl methyl sites for hydroxylation is 1. The number of amides is 1. The lowest BCUT2D eigenvalue weighted by molar-refractivity contribution is -0.132. The maximum atomic E-state index is 12.2. The highest BCUT2D eigenvalue weighted by molar-refractivity contribution is 5.85. The Hall–Kier alpha value is -1.10. The van der Waals surface area contributed by atoms with Crippen LogP contribution in [0.15, 0.2) is 24.3 Å². The fourth-order valence-electron chi connectivity index (χ4n) is 2.65. The lowest BCUT2D eigenvalue weighted by atomic mass is 10.1. The Morgan fingerprint density at radius 2 is 2.09 bits per heavy atom. The highest BCUT2D eigenvalue weighted by Gasteiger charge is 2.21. The highest BCUT2D eigenvalue weighted by atomic mass is 35.5. The van der Waals surface area contributed by atoms with E-state index < -0.39 is 0 Å². The number of carbonyl (C=O) groups is 1. The van der Waals surface area contributed by atoms with Gasteiger partial charge in [0, 0.05) is 32.7 Å². The molecule has 22 heavy (non-hydrogen) atoms. The number of rotatable bonds is 7. The van der Waals surface area contributed by atoms with Gasteiger partial charge >= 0.3 is 0 Å². The molecule has 0 bridgehead atoms. The van der Waals surface area contributed by atoms with E-state index in [4.69, 9.17) is 10.5 Å². The van der Waals surface area contributed by atoms with E-state index in [1.54, 1.807) is 0 Å². The predicted molar refractivity (Wildman–Crippen MR) is 91.4 cm³/mol. The fraction of sp³-hybridized carbons (Fsp3) is 0.588. The zero-order valence-corrected chi connectivity index (χ0v) is 14.1. The molecule has 1 saturated heterocycles. The van der Waals surface area contributed by atoms with Gasteiger partial charge in [-0.25, -0.2) is 0 Å². The minimum Gasteiger partial charge on any atom is -0.376 e. The molecule has 1 amide bonds. The van der Waals surface area contributed by atoms with Gasteiger partial charge in [0.2, 0.25) is 5.91 Å². The maximum absolute atomic E-state index is 12.2. The molecule has 2 N–H and O–H groups in total. The Labute approximate surface area is 139 Å². The number of hydrogen-bond donors (Lipinski definition) is 1. The molecule has 1 aromatic rings. The molecule has 0 radical (unpaired) electrons. The quantitative estimate of drug-likeness (QED) is 0.836. The Bertz CT molecular complexity index is 444. The normalized spacial score (nSPS) is 17.1. The molecule has 1 aliphatic rings. The first kappa shape index (κ1) is 18.9. The Morgan fingerprint density at radius 1 is 1.36 bits per heavy atom. The van der Waals surface area contributed by atoms with E-state index in [2.05, 4.69) is 31.2 Å². The van der Waals surface area contributed by atoms with Gasteiger partial charge in [0.15, 0.2) is 0 Å². The number of halogens is 1. The zero-order valence-electron chi connectivity index (χ0n) is 13.3. The summed E-state index contributed by atoms with van der Waals surface area (Å²) < 4.78 is 5.65. The summed E-state index contributed by atoms with van der Waals surface area (Å²) in [7, 11) is 0. The number of benzene rings is 1. The number of ether oxygens (including phenoxy) is 1. The minimum absolute atomic E-state index is 0. The summed E-state index contributed by atoms with van der Waals surface area (Å²) in [5, 5.41) is 0. The molecule has 1 heterocycles. The van der Waals surface area contributed by atoms with Crippen LogP contribution in [0, 0.1) is 6.92 Å². The second kappa shape index (κ2) is 9.82. The van der Waals surface area contributed by atoms with Gasteiger partial charge in [-0.2, -0.15) is 0 Å². The predicted octanol–water partition coefficient (Wildman–Crippen LogP) is 2.32. The van der Waals surface area contributed by atoms with Crippen LogP contribution in [-0.2, 0) is 16.0 Å². The summed E-state index contributed by atoms with van der Waals surface area (Å²) >= 11 is 0. The number of hydrogen-bond acceptors (Lipinski definition) is 3. The average Bonchev–Trinajstić information content (AvgIpc) is 2.98. The topological polar surface area (TPSA) is 55.6 Å². The fourth-order valence-corrected chi connectivity index (χ4v) is 2.65. The van der Waals surface area contributed by atoms with Crippen molar-refractivity contribution in [3.8, 4) is 0 Å². The second-order valence-corrected chi connectivity index (χ2v) is 5.75. The van der Waals surface area contributed by atoms with Gasteiger partial charge in [0.05, 0.1) is 6.10 Å². The molecule has 5 heteroatoms. The van der Waals surface area contributed by atoms with Gasteiger partial charge in [0.25, 0.3) is 0 Å².